The molecular weight excluding hydrogens is 358 g/mol. The molecule has 0 aliphatic carbocycles. The monoisotopic (exact) mass is 385 g/mol. The lowest BCUT2D eigenvalue weighted by atomic mass is 9.92. The van der Waals surface area contributed by atoms with Gasteiger partial charge in [0, 0.05) is 37.5 Å². The number of hydrogen-bond acceptors (Lipinski definition) is 5. The average molecular weight is 385 g/mol. The van der Waals surface area contributed by atoms with Crippen LogP contribution in [-0.2, 0) is 31.4 Å². The predicted octanol–water partition coefficient (Wildman–Crippen LogP) is 1.65. The highest BCUT2D eigenvalue weighted by Gasteiger charge is 2.24. The van der Waals surface area contributed by atoms with Crippen LogP contribution in [0.25, 0.3) is 11.1 Å². The van der Waals surface area contributed by atoms with Crippen LogP contribution < -0.4 is 15.0 Å². The number of carbonyl (C=O) groups excluding carboxylic acids is 1. The van der Waals surface area contributed by atoms with Gasteiger partial charge in [-0.25, -0.2) is 0 Å². The van der Waals surface area contributed by atoms with E-state index < -0.39 is 0 Å². The summed E-state index contributed by atoms with van der Waals surface area (Å²) >= 11 is 0. The zero-order valence-corrected chi connectivity index (χ0v) is 17.1. The lowest BCUT2D eigenvalue weighted by Gasteiger charge is -2.27. The molecule has 0 saturated heterocycles. The fourth-order valence-electron chi connectivity index (χ4n) is 3.77. The Hall–Kier alpha value is -2.80. The van der Waals surface area contributed by atoms with Gasteiger partial charge in [0.25, 0.3) is 5.56 Å². The molecule has 0 N–H and O–H groups in total. The number of aryl methyl sites for hydroxylation is 1. The summed E-state index contributed by atoms with van der Waals surface area (Å²) in [6.07, 6.45) is 3.30. The van der Waals surface area contributed by atoms with E-state index in [4.69, 9.17) is 9.47 Å². The van der Waals surface area contributed by atoms with Crippen molar-refractivity contribution >= 4 is 6.41 Å². The molecule has 28 heavy (non-hydrogen) atoms. The van der Waals surface area contributed by atoms with Gasteiger partial charge in [0.15, 0.2) is 0 Å². The summed E-state index contributed by atoms with van der Waals surface area (Å²) < 4.78 is 12.9. The van der Waals surface area contributed by atoms with Crippen LogP contribution in [-0.4, -0.2) is 55.6 Å². The highest BCUT2D eigenvalue weighted by molar-refractivity contribution is 5.73. The molecule has 0 saturated carbocycles. The van der Waals surface area contributed by atoms with Crippen LogP contribution in [0.5, 0.6) is 11.5 Å². The molecule has 1 aliphatic rings. The molecule has 150 valence electrons. The highest BCUT2D eigenvalue weighted by Crippen LogP contribution is 2.37. The molecule has 2 heterocycles. The number of nitrogens with zero attached hydrogens (tertiary/aromatic N) is 3. The number of fused-ring (bicyclic) bond motifs is 1. The van der Waals surface area contributed by atoms with Crippen molar-refractivity contribution in [3.8, 4) is 22.6 Å². The van der Waals surface area contributed by atoms with Crippen molar-refractivity contribution in [3.63, 3.8) is 0 Å². The van der Waals surface area contributed by atoms with E-state index in [0.29, 0.717) is 31.6 Å². The smallest absolute Gasteiger partial charge is 0.255 e. The fraction of sp³-hybridized carbons (Fsp3) is 0.429. The Balaban J connectivity index is 2.20. The van der Waals surface area contributed by atoms with E-state index in [1.807, 2.05) is 32.4 Å². The standard InChI is InChI=1S/C21H27N3O4/c1-22(2)10-18-19(27-4)8-14(9-20(18)28-5)16-11-23(3)21(26)17-12-24(13-25)7-6-15(16)17/h8-9,11,13H,6-7,10,12H2,1-5H3. The van der Waals surface area contributed by atoms with Crippen molar-refractivity contribution < 1.29 is 14.3 Å². The van der Waals surface area contributed by atoms with E-state index in [2.05, 4.69) is 4.90 Å². The van der Waals surface area contributed by atoms with Crippen molar-refractivity contribution in [2.45, 2.75) is 19.5 Å². The Morgan fingerprint density at radius 2 is 1.79 bits per heavy atom. The first-order chi connectivity index (χ1) is 13.4. The van der Waals surface area contributed by atoms with Gasteiger partial charge in [-0.3, -0.25) is 9.59 Å². The molecule has 0 unspecified atom stereocenters. The first-order valence-corrected chi connectivity index (χ1v) is 9.20. The molecule has 0 fully saturated rings. The summed E-state index contributed by atoms with van der Waals surface area (Å²) in [6, 6.07) is 3.99. The van der Waals surface area contributed by atoms with E-state index in [1.165, 1.54) is 0 Å². The summed E-state index contributed by atoms with van der Waals surface area (Å²) in [4.78, 5) is 27.5. The first kappa shape index (κ1) is 19.9. The molecule has 0 radical (unpaired) electrons. The van der Waals surface area contributed by atoms with Gasteiger partial charge in [0.2, 0.25) is 6.41 Å². The maximum Gasteiger partial charge on any atom is 0.255 e. The number of methoxy groups -OCH3 is 2. The van der Waals surface area contributed by atoms with Crippen LogP contribution in [0, 0.1) is 0 Å². The molecule has 3 rings (SSSR count). The van der Waals surface area contributed by atoms with E-state index in [0.717, 1.165) is 40.2 Å². The second-order valence-electron chi connectivity index (χ2n) is 7.34. The van der Waals surface area contributed by atoms with Crippen molar-refractivity contribution in [2.24, 2.45) is 7.05 Å². The Morgan fingerprint density at radius 1 is 1.14 bits per heavy atom. The van der Waals surface area contributed by atoms with Crippen molar-refractivity contribution in [2.75, 3.05) is 34.9 Å². The SMILES string of the molecule is COc1cc(-c2cn(C)c(=O)c3c2CCN(C=O)C3)cc(OC)c1CN(C)C. The van der Waals surface area contributed by atoms with E-state index in [1.54, 1.807) is 30.7 Å². The molecule has 2 aromatic rings. The molecule has 7 heteroatoms. The summed E-state index contributed by atoms with van der Waals surface area (Å²) in [5.41, 5.74) is 4.48. The van der Waals surface area contributed by atoms with Crippen LogP contribution in [0.4, 0.5) is 0 Å². The summed E-state index contributed by atoms with van der Waals surface area (Å²) in [6.45, 7) is 1.63. The van der Waals surface area contributed by atoms with Gasteiger partial charge in [-0.2, -0.15) is 0 Å². The molecule has 0 spiro atoms. The van der Waals surface area contributed by atoms with Gasteiger partial charge in [-0.1, -0.05) is 0 Å². The normalized spacial score (nSPS) is 13.4. The van der Waals surface area contributed by atoms with E-state index in [-0.39, 0.29) is 5.56 Å². The largest absolute Gasteiger partial charge is 0.496 e. The third-order valence-electron chi connectivity index (χ3n) is 5.14. The van der Waals surface area contributed by atoms with Crippen LogP contribution in [0.15, 0.2) is 23.1 Å². The van der Waals surface area contributed by atoms with Crippen LogP contribution >= 0.6 is 0 Å². The Bertz CT molecular complexity index is 924. The highest BCUT2D eigenvalue weighted by atomic mass is 16.5. The number of ether oxygens (including phenoxy) is 2. The van der Waals surface area contributed by atoms with Crippen molar-refractivity contribution in [3.05, 3.63) is 45.4 Å². The number of carbonyl (C=O) groups is 1. The molecule has 1 aromatic heterocycles. The number of rotatable bonds is 6. The van der Waals surface area contributed by atoms with Gasteiger partial charge in [-0.05, 0) is 43.8 Å². The zero-order chi connectivity index (χ0) is 20.4. The molecule has 1 aromatic carbocycles. The lowest BCUT2D eigenvalue weighted by Crippen LogP contribution is -2.36. The Morgan fingerprint density at radius 3 is 2.32 bits per heavy atom. The number of benzene rings is 1. The molecule has 0 bridgehead atoms. The number of hydrogen-bond donors (Lipinski definition) is 0. The summed E-state index contributed by atoms with van der Waals surface area (Å²) in [5.74, 6) is 1.49. The molecule has 1 amide bonds. The van der Waals surface area contributed by atoms with Crippen LogP contribution in [0.3, 0.4) is 0 Å². The zero-order valence-electron chi connectivity index (χ0n) is 17.1. The molecule has 7 nitrogen and oxygen atoms in total. The average Bonchev–Trinajstić information content (AvgIpc) is 2.70. The summed E-state index contributed by atoms with van der Waals surface area (Å²) in [7, 11) is 9.02. The maximum absolute atomic E-state index is 12.6. The summed E-state index contributed by atoms with van der Waals surface area (Å²) in [5, 5.41) is 0. The second-order valence-corrected chi connectivity index (χ2v) is 7.34. The van der Waals surface area contributed by atoms with E-state index in [9.17, 15) is 9.59 Å². The minimum Gasteiger partial charge on any atom is -0.496 e. The number of amides is 1. The minimum absolute atomic E-state index is 0.0616. The fourth-order valence-corrected chi connectivity index (χ4v) is 3.77. The van der Waals surface area contributed by atoms with Gasteiger partial charge in [-0.15, -0.1) is 0 Å². The predicted molar refractivity (Wildman–Crippen MR) is 108 cm³/mol. The maximum atomic E-state index is 12.6. The number of aromatic nitrogens is 1. The van der Waals surface area contributed by atoms with Crippen molar-refractivity contribution in [1.29, 1.82) is 0 Å². The van der Waals surface area contributed by atoms with Gasteiger partial charge in [0.1, 0.15) is 11.5 Å². The van der Waals surface area contributed by atoms with Crippen molar-refractivity contribution in [1.82, 2.24) is 14.4 Å². The first-order valence-electron chi connectivity index (χ1n) is 9.20. The minimum atomic E-state index is -0.0616. The van der Waals surface area contributed by atoms with Crippen LogP contribution in [0.1, 0.15) is 16.7 Å². The van der Waals surface area contributed by atoms with E-state index >= 15 is 0 Å². The third-order valence-corrected chi connectivity index (χ3v) is 5.14. The van der Waals surface area contributed by atoms with Gasteiger partial charge in [0.05, 0.1) is 26.3 Å². The third kappa shape index (κ3) is 3.62. The topological polar surface area (TPSA) is 64.0 Å². The van der Waals surface area contributed by atoms with Crippen LogP contribution in [0.2, 0.25) is 0 Å². The molecule has 0 atom stereocenters. The van der Waals surface area contributed by atoms with Gasteiger partial charge < -0.3 is 23.8 Å². The lowest BCUT2D eigenvalue weighted by molar-refractivity contribution is -0.118. The Labute approximate surface area is 165 Å². The second kappa shape index (κ2) is 8.06. The molecule has 1 aliphatic heterocycles. The Kier molecular flexibility index (Phi) is 5.74. The number of pyridine rings is 1. The quantitative estimate of drug-likeness (QED) is 0.708. The molecular formula is C21H27N3O4. The van der Waals surface area contributed by atoms with Gasteiger partial charge >= 0.3 is 0 Å².